The van der Waals surface area contributed by atoms with E-state index in [0.29, 0.717) is 34.5 Å². The number of halogens is 1. The summed E-state index contributed by atoms with van der Waals surface area (Å²) in [6.45, 7) is 3.99. The van der Waals surface area contributed by atoms with Crippen LogP contribution in [0.1, 0.15) is 41.4 Å². The highest BCUT2D eigenvalue weighted by atomic mass is 19.1. The number of nitrogens with two attached hydrogens (primary N) is 1. The minimum Gasteiger partial charge on any atom is -0.455 e. The van der Waals surface area contributed by atoms with Crippen molar-refractivity contribution in [1.29, 1.82) is 0 Å². The van der Waals surface area contributed by atoms with Crippen LogP contribution in [0.4, 0.5) is 4.39 Å². The Labute approximate surface area is 195 Å². The largest absolute Gasteiger partial charge is 0.455 e. The molecule has 2 N–H and O–H groups in total. The van der Waals surface area contributed by atoms with Crippen molar-refractivity contribution in [2.45, 2.75) is 26.3 Å². The molecule has 0 bridgehead atoms. The van der Waals surface area contributed by atoms with Gasteiger partial charge < -0.3 is 10.2 Å². The SMILES string of the molecule is CC(C)n1nnc(-c2cccc(Cc3ccc4oc(-c5ccc(F)cc5)c(C(N)=O)c4c3)c2)n1. The van der Waals surface area contributed by atoms with E-state index in [0.717, 1.165) is 16.7 Å². The molecule has 0 unspecified atom stereocenters. The number of hydrogen-bond acceptors (Lipinski definition) is 5. The number of aromatic nitrogens is 4. The lowest BCUT2D eigenvalue weighted by atomic mass is 9.99. The molecule has 170 valence electrons. The van der Waals surface area contributed by atoms with E-state index in [2.05, 4.69) is 15.4 Å². The Bertz CT molecular complexity index is 1500. The molecule has 2 heterocycles. The van der Waals surface area contributed by atoms with Crippen molar-refractivity contribution in [1.82, 2.24) is 20.2 Å². The van der Waals surface area contributed by atoms with Gasteiger partial charge in [0.15, 0.2) is 0 Å². The maximum atomic E-state index is 13.4. The second-order valence-corrected chi connectivity index (χ2v) is 8.41. The predicted octanol–water partition coefficient (Wildman–Crippen LogP) is 5.16. The Morgan fingerprint density at radius 2 is 1.79 bits per heavy atom. The molecule has 0 aliphatic rings. The summed E-state index contributed by atoms with van der Waals surface area (Å²) < 4.78 is 19.3. The van der Waals surface area contributed by atoms with Crippen molar-refractivity contribution < 1.29 is 13.6 Å². The van der Waals surface area contributed by atoms with E-state index in [9.17, 15) is 9.18 Å². The first-order valence-corrected chi connectivity index (χ1v) is 10.9. The zero-order valence-corrected chi connectivity index (χ0v) is 18.7. The first kappa shape index (κ1) is 21.5. The van der Waals surface area contributed by atoms with Crippen molar-refractivity contribution in [3.63, 3.8) is 0 Å². The highest BCUT2D eigenvalue weighted by Gasteiger charge is 2.21. The van der Waals surface area contributed by atoms with Crippen molar-refractivity contribution in [2.24, 2.45) is 5.73 Å². The van der Waals surface area contributed by atoms with Crippen LogP contribution in [0.15, 0.2) is 71.1 Å². The number of carbonyl (C=O) groups excluding carboxylic acids is 1. The van der Waals surface area contributed by atoms with Crippen LogP contribution >= 0.6 is 0 Å². The van der Waals surface area contributed by atoms with Gasteiger partial charge in [-0.25, -0.2) is 4.39 Å². The lowest BCUT2D eigenvalue weighted by Gasteiger charge is -2.05. The smallest absolute Gasteiger partial charge is 0.253 e. The number of primary amides is 1. The number of hydrogen-bond donors (Lipinski definition) is 1. The third-order valence-corrected chi connectivity index (χ3v) is 5.59. The summed E-state index contributed by atoms with van der Waals surface area (Å²) in [4.78, 5) is 13.9. The van der Waals surface area contributed by atoms with Crippen LogP contribution in [0.5, 0.6) is 0 Å². The van der Waals surface area contributed by atoms with Crippen LogP contribution in [0.2, 0.25) is 0 Å². The van der Waals surface area contributed by atoms with Gasteiger partial charge in [0.2, 0.25) is 5.82 Å². The van der Waals surface area contributed by atoms with E-state index in [1.54, 1.807) is 16.9 Å². The van der Waals surface area contributed by atoms with Crippen molar-refractivity contribution in [2.75, 3.05) is 0 Å². The summed E-state index contributed by atoms with van der Waals surface area (Å²) >= 11 is 0. The fourth-order valence-corrected chi connectivity index (χ4v) is 3.92. The first-order chi connectivity index (χ1) is 16.4. The summed E-state index contributed by atoms with van der Waals surface area (Å²) in [6.07, 6.45) is 0.622. The van der Waals surface area contributed by atoms with Gasteiger partial charge in [0.05, 0.1) is 11.6 Å². The number of fused-ring (bicyclic) bond motifs is 1. The average Bonchev–Trinajstić information content (AvgIpc) is 3.45. The molecule has 0 aliphatic heterocycles. The lowest BCUT2D eigenvalue weighted by Crippen LogP contribution is -2.11. The molecule has 7 nitrogen and oxygen atoms in total. The number of benzene rings is 3. The Morgan fingerprint density at radius 3 is 2.50 bits per heavy atom. The van der Waals surface area contributed by atoms with E-state index in [4.69, 9.17) is 10.2 Å². The normalized spacial score (nSPS) is 11.4. The predicted molar refractivity (Wildman–Crippen MR) is 127 cm³/mol. The van der Waals surface area contributed by atoms with Crippen LogP contribution in [0, 0.1) is 5.82 Å². The molecule has 0 radical (unpaired) electrons. The van der Waals surface area contributed by atoms with Gasteiger partial charge in [-0.2, -0.15) is 4.80 Å². The second kappa shape index (κ2) is 8.55. The van der Waals surface area contributed by atoms with Crippen LogP contribution in [-0.2, 0) is 6.42 Å². The lowest BCUT2D eigenvalue weighted by molar-refractivity contribution is 0.100. The molecule has 3 aromatic carbocycles. The number of nitrogens with zero attached hydrogens (tertiary/aromatic N) is 4. The van der Waals surface area contributed by atoms with Crippen molar-refractivity contribution >= 4 is 16.9 Å². The van der Waals surface area contributed by atoms with E-state index in [-0.39, 0.29) is 17.4 Å². The first-order valence-electron chi connectivity index (χ1n) is 10.9. The van der Waals surface area contributed by atoms with Crippen molar-refractivity contribution in [3.8, 4) is 22.7 Å². The summed E-state index contributed by atoms with van der Waals surface area (Å²) in [5.41, 5.74) is 10.0. The molecule has 0 spiro atoms. The van der Waals surface area contributed by atoms with Gasteiger partial charge in [-0.05, 0) is 79.1 Å². The minimum absolute atomic E-state index is 0.130. The molecule has 5 aromatic rings. The van der Waals surface area contributed by atoms with Gasteiger partial charge >= 0.3 is 0 Å². The third-order valence-electron chi connectivity index (χ3n) is 5.59. The molecule has 5 rings (SSSR count). The molecule has 0 fully saturated rings. The molecule has 34 heavy (non-hydrogen) atoms. The van der Waals surface area contributed by atoms with Crippen LogP contribution in [0.25, 0.3) is 33.7 Å². The number of rotatable bonds is 6. The standard InChI is InChI=1S/C26H22FN5O2/c1-15(2)32-30-26(29-31-32)19-5-3-4-16(13-19)12-17-6-11-22-21(14-17)23(25(28)33)24(34-22)18-7-9-20(27)10-8-18/h3-11,13-15H,12H2,1-2H3,(H2,28,33). The van der Waals surface area contributed by atoms with Gasteiger partial charge in [-0.15, -0.1) is 10.2 Å². The van der Waals surface area contributed by atoms with E-state index in [1.165, 1.54) is 12.1 Å². The Hall–Kier alpha value is -4.33. The number of carbonyl (C=O) groups is 1. The third kappa shape index (κ3) is 4.05. The fraction of sp³-hybridized carbons (Fsp3) is 0.154. The van der Waals surface area contributed by atoms with Crippen LogP contribution in [-0.4, -0.2) is 26.1 Å². The topological polar surface area (TPSA) is 99.8 Å². The quantitative estimate of drug-likeness (QED) is 0.381. The zero-order valence-electron chi connectivity index (χ0n) is 18.7. The molecule has 1 amide bonds. The zero-order chi connectivity index (χ0) is 23.8. The number of amides is 1. The summed E-state index contributed by atoms with van der Waals surface area (Å²) in [5, 5.41) is 13.3. The highest BCUT2D eigenvalue weighted by molar-refractivity contribution is 6.10. The van der Waals surface area contributed by atoms with E-state index < -0.39 is 5.91 Å². The molecular formula is C26H22FN5O2. The summed E-state index contributed by atoms with van der Waals surface area (Å²) in [7, 11) is 0. The molecular weight excluding hydrogens is 433 g/mol. The van der Waals surface area contributed by atoms with Gasteiger partial charge in [0, 0.05) is 16.5 Å². The monoisotopic (exact) mass is 455 g/mol. The van der Waals surface area contributed by atoms with Crippen LogP contribution < -0.4 is 5.73 Å². The van der Waals surface area contributed by atoms with Gasteiger partial charge in [0.25, 0.3) is 5.91 Å². The number of furan rings is 1. The Balaban J connectivity index is 1.50. The molecule has 2 aromatic heterocycles. The van der Waals surface area contributed by atoms with Crippen molar-refractivity contribution in [3.05, 3.63) is 89.2 Å². The summed E-state index contributed by atoms with van der Waals surface area (Å²) in [5.74, 6) is -0.0646. The van der Waals surface area contributed by atoms with Gasteiger partial charge in [-0.1, -0.05) is 24.3 Å². The average molecular weight is 455 g/mol. The maximum Gasteiger partial charge on any atom is 0.253 e. The van der Waals surface area contributed by atoms with Gasteiger partial charge in [-0.3, -0.25) is 4.79 Å². The molecule has 8 heteroatoms. The molecule has 0 aliphatic carbocycles. The fourth-order valence-electron chi connectivity index (χ4n) is 3.92. The van der Waals surface area contributed by atoms with Gasteiger partial charge in [0.1, 0.15) is 17.2 Å². The minimum atomic E-state index is -0.600. The Morgan fingerprint density at radius 1 is 1.03 bits per heavy atom. The second-order valence-electron chi connectivity index (χ2n) is 8.41. The molecule has 0 saturated heterocycles. The van der Waals surface area contributed by atoms with E-state index in [1.807, 2.05) is 56.3 Å². The molecule has 0 atom stereocenters. The molecule has 0 saturated carbocycles. The summed E-state index contributed by atoms with van der Waals surface area (Å²) in [6, 6.07) is 19.5. The maximum absolute atomic E-state index is 13.4. The van der Waals surface area contributed by atoms with E-state index >= 15 is 0 Å². The number of tetrazole rings is 1. The van der Waals surface area contributed by atoms with Crippen LogP contribution in [0.3, 0.4) is 0 Å². The highest BCUT2D eigenvalue weighted by Crippen LogP contribution is 2.34. The Kier molecular flexibility index (Phi) is 5.41.